The number of likely N-dealkylation sites (tertiary alicyclic amines) is 1. The van der Waals surface area contributed by atoms with E-state index < -0.39 is 46.8 Å². The topological polar surface area (TPSA) is 91.8 Å². The molecule has 3 fully saturated rings. The lowest BCUT2D eigenvalue weighted by Crippen LogP contribution is -2.49. The number of carbonyl (C=O) groups is 2. The molecule has 2 N–H and O–H groups in total. The predicted octanol–water partition coefficient (Wildman–Crippen LogP) is 6.12. The van der Waals surface area contributed by atoms with E-state index in [9.17, 15) is 23.5 Å². The van der Waals surface area contributed by atoms with Crippen molar-refractivity contribution in [3.8, 4) is 5.88 Å². The van der Waals surface area contributed by atoms with Crippen LogP contribution in [0.5, 0.6) is 5.88 Å². The first-order valence-corrected chi connectivity index (χ1v) is 15.0. The van der Waals surface area contributed by atoms with Crippen molar-refractivity contribution in [2.45, 2.75) is 102 Å². The third kappa shape index (κ3) is 5.40. The van der Waals surface area contributed by atoms with Crippen molar-refractivity contribution < 1.29 is 28.2 Å². The molecule has 1 aromatic heterocycles. The maximum atomic E-state index is 14.3. The van der Waals surface area contributed by atoms with E-state index in [1.807, 2.05) is 51.1 Å². The number of carboxylic acids is 1. The fourth-order valence-electron chi connectivity index (χ4n) is 7.34. The van der Waals surface area contributed by atoms with Gasteiger partial charge in [-0.2, -0.15) is 0 Å². The van der Waals surface area contributed by atoms with Crippen LogP contribution in [0, 0.1) is 17.3 Å². The third-order valence-electron chi connectivity index (χ3n) is 9.81. The van der Waals surface area contributed by atoms with Gasteiger partial charge in [0.05, 0.1) is 18.6 Å². The van der Waals surface area contributed by atoms with Gasteiger partial charge in [-0.05, 0) is 42.4 Å². The van der Waals surface area contributed by atoms with Gasteiger partial charge in [0, 0.05) is 42.6 Å². The Morgan fingerprint density at radius 2 is 1.79 bits per heavy atom. The Bertz CT molecular complexity index is 1310. The number of halogens is 2. The largest absolute Gasteiger partial charge is 0.481 e. The molecule has 0 spiro atoms. The number of alkyl halides is 2. The zero-order chi connectivity index (χ0) is 30.4. The molecular formula is C33H43F2N3O4. The van der Waals surface area contributed by atoms with Crippen LogP contribution in [0.2, 0.25) is 0 Å². The molecule has 1 unspecified atom stereocenters. The first-order chi connectivity index (χ1) is 19.8. The van der Waals surface area contributed by atoms with Crippen LogP contribution < -0.4 is 10.1 Å². The molecule has 5 atom stereocenters. The van der Waals surface area contributed by atoms with Gasteiger partial charge in [0.2, 0.25) is 11.8 Å². The Hall–Kier alpha value is -3.07. The molecule has 2 saturated carbocycles. The van der Waals surface area contributed by atoms with Crippen molar-refractivity contribution in [3.63, 3.8) is 0 Å². The second kappa shape index (κ2) is 11.2. The molecular weight excluding hydrogens is 540 g/mol. The van der Waals surface area contributed by atoms with Crippen molar-refractivity contribution in [3.05, 3.63) is 59.3 Å². The number of nitrogens with zero attached hydrogens (tertiary/aromatic N) is 2. The number of carbonyl (C=O) groups excluding carboxylic acids is 1. The molecule has 228 valence electrons. The quantitative estimate of drug-likeness (QED) is 0.389. The number of carboxylic acid groups (broad SMARTS) is 1. The summed E-state index contributed by atoms with van der Waals surface area (Å²) in [6.45, 7) is 7.79. The molecule has 2 heterocycles. The molecule has 42 heavy (non-hydrogen) atoms. The van der Waals surface area contributed by atoms with Crippen molar-refractivity contribution in [1.29, 1.82) is 0 Å². The van der Waals surface area contributed by atoms with Gasteiger partial charge in [0.15, 0.2) is 0 Å². The minimum atomic E-state index is -2.79. The Labute approximate surface area is 247 Å². The number of pyridine rings is 1. The Morgan fingerprint density at radius 3 is 2.33 bits per heavy atom. The molecule has 7 nitrogen and oxygen atoms in total. The molecule has 1 aromatic carbocycles. The summed E-state index contributed by atoms with van der Waals surface area (Å²) in [6, 6.07) is 9.33. The lowest BCUT2D eigenvalue weighted by atomic mass is 9.72. The van der Waals surface area contributed by atoms with Crippen LogP contribution >= 0.6 is 0 Å². The molecule has 0 bridgehead atoms. The normalized spacial score (nSPS) is 29.4. The highest BCUT2D eigenvalue weighted by Gasteiger charge is 2.69. The van der Waals surface area contributed by atoms with Gasteiger partial charge in [-0.1, -0.05) is 70.4 Å². The van der Waals surface area contributed by atoms with Gasteiger partial charge in [-0.3, -0.25) is 4.79 Å². The molecule has 0 radical (unpaired) electrons. The minimum absolute atomic E-state index is 0.0976. The van der Waals surface area contributed by atoms with Crippen LogP contribution in [-0.2, 0) is 21.5 Å². The van der Waals surface area contributed by atoms with Gasteiger partial charge in [0.25, 0.3) is 5.92 Å². The van der Waals surface area contributed by atoms with E-state index in [1.54, 1.807) is 11.0 Å². The molecule has 2 aromatic rings. The zero-order valence-electron chi connectivity index (χ0n) is 25.2. The summed E-state index contributed by atoms with van der Waals surface area (Å²) in [5.41, 5.74) is 0.166. The fourth-order valence-corrected chi connectivity index (χ4v) is 7.34. The fraction of sp³-hybridized carbons (Fsp3) is 0.606. The molecule has 9 heteroatoms. The SMILES string of the molecule is COc1ncc(C2(C)CC2(F)F)cc1CN[C@H]1[C@H](C(C)(C)C)[C@@H](C(=O)O)N(C(=O)C2CCCCC2)[C@H]1c1ccccc1. The standard InChI is InChI=1S/C33H43F2N3O4/c1-31(2,3)24-25(36-17-22-16-23(18-37-28(22)42-5)32(4)19-33(32,34)35)26(20-12-8-6-9-13-20)38(27(24)30(40)41)29(39)21-14-10-7-11-15-21/h6,8-9,12-13,16,18,21,24-27,36H,7,10-11,14-15,17,19H2,1-5H3,(H,40,41)/t24-,25-,26-,27-,32?/m0/s1. The molecule has 1 aliphatic heterocycles. The van der Waals surface area contributed by atoms with Gasteiger partial charge in [0.1, 0.15) is 6.04 Å². The Kier molecular flexibility index (Phi) is 8.11. The van der Waals surface area contributed by atoms with Gasteiger partial charge >= 0.3 is 5.97 Å². The summed E-state index contributed by atoms with van der Waals surface area (Å²) in [5.74, 6) is -4.23. The number of benzene rings is 1. The highest BCUT2D eigenvalue weighted by molar-refractivity contribution is 5.87. The lowest BCUT2D eigenvalue weighted by molar-refractivity contribution is -0.154. The van der Waals surface area contributed by atoms with Crippen LogP contribution in [0.15, 0.2) is 42.6 Å². The van der Waals surface area contributed by atoms with E-state index in [-0.39, 0.29) is 24.8 Å². The number of hydrogen-bond acceptors (Lipinski definition) is 5. The molecule has 1 amide bonds. The molecule has 2 aliphatic carbocycles. The molecule has 5 rings (SSSR count). The minimum Gasteiger partial charge on any atom is -0.481 e. The summed E-state index contributed by atoms with van der Waals surface area (Å²) in [7, 11) is 1.49. The Balaban J connectivity index is 1.56. The van der Waals surface area contributed by atoms with Gasteiger partial charge < -0.3 is 20.1 Å². The second-order valence-electron chi connectivity index (χ2n) is 13.6. The van der Waals surface area contributed by atoms with Crippen molar-refractivity contribution in [2.75, 3.05) is 7.11 Å². The Morgan fingerprint density at radius 1 is 1.14 bits per heavy atom. The molecule has 3 aliphatic rings. The average Bonchev–Trinajstić information content (AvgIpc) is 3.31. The van der Waals surface area contributed by atoms with E-state index in [1.165, 1.54) is 20.2 Å². The summed E-state index contributed by atoms with van der Waals surface area (Å²) in [5, 5.41) is 14.3. The van der Waals surface area contributed by atoms with E-state index >= 15 is 0 Å². The van der Waals surface area contributed by atoms with Crippen molar-refractivity contribution in [2.24, 2.45) is 17.3 Å². The molecule has 1 saturated heterocycles. The number of rotatable bonds is 8. The third-order valence-corrected chi connectivity index (χ3v) is 9.81. The number of nitrogens with one attached hydrogen (secondary N) is 1. The van der Waals surface area contributed by atoms with Crippen LogP contribution in [0.25, 0.3) is 0 Å². The maximum absolute atomic E-state index is 14.3. The second-order valence-corrected chi connectivity index (χ2v) is 13.6. The van der Waals surface area contributed by atoms with Crippen molar-refractivity contribution in [1.82, 2.24) is 15.2 Å². The summed E-state index contributed by atoms with van der Waals surface area (Å²) >= 11 is 0. The number of amides is 1. The number of ether oxygens (including phenoxy) is 1. The average molecular weight is 584 g/mol. The van der Waals surface area contributed by atoms with E-state index in [0.717, 1.165) is 37.7 Å². The number of aromatic nitrogens is 1. The number of methoxy groups -OCH3 is 1. The van der Waals surface area contributed by atoms with Crippen molar-refractivity contribution >= 4 is 11.9 Å². The van der Waals surface area contributed by atoms with Gasteiger partial charge in [-0.15, -0.1) is 0 Å². The first kappa shape index (κ1) is 30.4. The monoisotopic (exact) mass is 583 g/mol. The lowest BCUT2D eigenvalue weighted by Gasteiger charge is -2.36. The smallest absolute Gasteiger partial charge is 0.326 e. The van der Waals surface area contributed by atoms with Gasteiger partial charge in [-0.25, -0.2) is 18.6 Å². The number of aliphatic carboxylic acids is 1. The highest BCUT2D eigenvalue weighted by Crippen LogP contribution is 2.61. The predicted molar refractivity (Wildman–Crippen MR) is 155 cm³/mol. The summed E-state index contributed by atoms with van der Waals surface area (Å²) in [6.07, 6.45) is 5.76. The summed E-state index contributed by atoms with van der Waals surface area (Å²) < 4.78 is 34.0. The number of hydrogen-bond donors (Lipinski definition) is 2. The van der Waals surface area contributed by atoms with E-state index in [4.69, 9.17) is 4.74 Å². The van der Waals surface area contributed by atoms with Crippen LogP contribution in [0.4, 0.5) is 8.78 Å². The summed E-state index contributed by atoms with van der Waals surface area (Å²) in [4.78, 5) is 33.3. The van der Waals surface area contributed by atoms with Crippen LogP contribution in [0.1, 0.15) is 89.0 Å². The van der Waals surface area contributed by atoms with E-state index in [0.29, 0.717) is 17.0 Å². The van der Waals surface area contributed by atoms with Crippen LogP contribution in [0.3, 0.4) is 0 Å². The highest BCUT2D eigenvalue weighted by atomic mass is 19.3. The first-order valence-electron chi connectivity index (χ1n) is 15.0. The van der Waals surface area contributed by atoms with E-state index in [2.05, 4.69) is 10.3 Å². The van der Waals surface area contributed by atoms with Crippen LogP contribution in [-0.4, -0.2) is 52.0 Å². The zero-order valence-corrected chi connectivity index (χ0v) is 25.2. The maximum Gasteiger partial charge on any atom is 0.326 e.